The van der Waals surface area contributed by atoms with Crippen LogP contribution in [-0.4, -0.2) is 32.0 Å². The van der Waals surface area contributed by atoms with Gasteiger partial charge in [-0.3, -0.25) is 9.59 Å². The molecule has 0 bridgehead atoms. The third-order valence-electron chi connectivity index (χ3n) is 3.88. The molecule has 2 N–H and O–H groups in total. The van der Waals surface area contributed by atoms with Gasteiger partial charge in [-0.1, -0.05) is 49.4 Å². The minimum atomic E-state index is -0.987. The first kappa shape index (κ1) is 17.7. The summed E-state index contributed by atoms with van der Waals surface area (Å²) in [4.78, 5) is 22.6. The van der Waals surface area contributed by atoms with Gasteiger partial charge in [0.05, 0.1) is 12.7 Å². The van der Waals surface area contributed by atoms with E-state index in [1.807, 2.05) is 18.2 Å². The predicted octanol–water partition coefficient (Wildman–Crippen LogP) is 1.74. The number of amides is 1. The number of hydrogen-bond donors (Lipinski definition) is 2. The number of nitrogens with zero attached hydrogens (tertiary/aromatic N) is 3. The van der Waals surface area contributed by atoms with Gasteiger partial charge in [0.2, 0.25) is 5.91 Å². The molecule has 1 amide bonds. The van der Waals surface area contributed by atoms with Gasteiger partial charge in [-0.2, -0.15) is 0 Å². The van der Waals surface area contributed by atoms with Gasteiger partial charge in [-0.15, -0.1) is 5.10 Å². The van der Waals surface area contributed by atoms with Crippen LogP contribution in [0.5, 0.6) is 0 Å². The van der Waals surface area contributed by atoms with E-state index < -0.39 is 5.97 Å². The SMILES string of the molecule is CC(C)(CCC(=O)NCc1cn(CC(=O)O)nn1)c1ccccc1. The molecule has 0 unspecified atom stereocenters. The normalized spacial score (nSPS) is 11.2. The summed E-state index contributed by atoms with van der Waals surface area (Å²) >= 11 is 0. The maximum atomic E-state index is 12.0. The zero-order chi connectivity index (χ0) is 17.6. The van der Waals surface area contributed by atoms with E-state index in [4.69, 9.17) is 5.11 Å². The minimum Gasteiger partial charge on any atom is -0.480 e. The predicted molar refractivity (Wildman–Crippen MR) is 88.2 cm³/mol. The van der Waals surface area contributed by atoms with Crippen LogP contribution >= 0.6 is 0 Å². The molecule has 0 aliphatic carbocycles. The number of benzene rings is 1. The van der Waals surface area contributed by atoms with Crippen LogP contribution in [-0.2, 0) is 28.1 Å². The average molecular weight is 330 g/mol. The highest BCUT2D eigenvalue weighted by atomic mass is 16.4. The fourth-order valence-corrected chi connectivity index (χ4v) is 2.37. The average Bonchev–Trinajstić information content (AvgIpc) is 2.98. The molecule has 0 saturated heterocycles. The van der Waals surface area contributed by atoms with Crippen LogP contribution in [0.4, 0.5) is 0 Å². The number of aliphatic carboxylic acids is 1. The lowest BCUT2D eigenvalue weighted by atomic mass is 9.80. The van der Waals surface area contributed by atoms with Crippen LogP contribution in [0, 0.1) is 0 Å². The monoisotopic (exact) mass is 330 g/mol. The minimum absolute atomic E-state index is 0.0632. The fraction of sp³-hybridized carbons (Fsp3) is 0.412. The highest BCUT2D eigenvalue weighted by Crippen LogP contribution is 2.27. The molecule has 128 valence electrons. The Labute approximate surface area is 140 Å². The van der Waals surface area contributed by atoms with Gasteiger partial charge < -0.3 is 10.4 Å². The van der Waals surface area contributed by atoms with E-state index >= 15 is 0 Å². The van der Waals surface area contributed by atoms with Crippen LogP contribution < -0.4 is 5.32 Å². The summed E-state index contributed by atoms with van der Waals surface area (Å²) < 4.78 is 1.22. The molecular weight excluding hydrogens is 308 g/mol. The maximum absolute atomic E-state index is 12.0. The van der Waals surface area contributed by atoms with Gasteiger partial charge in [0, 0.05) is 6.42 Å². The van der Waals surface area contributed by atoms with Crippen molar-refractivity contribution in [3.8, 4) is 0 Å². The third kappa shape index (κ3) is 5.19. The number of aromatic nitrogens is 3. The molecule has 2 rings (SSSR count). The van der Waals surface area contributed by atoms with E-state index in [2.05, 4.69) is 41.6 Å². The molecule has 0 spiro atoms. The van der Waals surface area contributed by atoms with Crippen molar-refractivity contribution in [1.29, 1.82) is 0 Å². The molecule has 1 heterocycles. The van der Waals surface area contributed by atoms with Gasteiger partial charge >= 0.3 is 5.97 Å². The smallest absolute Gasteiger partial charge is 0.325 e. The van der Waals surface area contributed by atoms with Gasteiger partial charge in [0.25, 0.3) is 0 Å². The van der Waals surface area contributed by atoms with Gasteiger partial charge in [-0.25, -0.2) is 4.68 Å². The molecule has 0 aliphatic rings. The summed E-state index contributed by atoms with van der Waals surface area (Å²) in [5.74, 6) is -1.05. The summed E-state index contributed by atoms with van der Waals surface area (Å²) in [5.41, 5.74) is 1.66. The molecule has 0 saturated carbocycles. The molecule has 1 aromatic carbocycles. The second-order valence-electron chi connectivity index (χ2n) is 6.33. The highest BCUT2D eigenvalue weighted by Gasteiger charge is 2.21. The summed E-state index contributed by atoms with van der Waals surface area (Å²) in [6.45, 7) is 4.23. The van der Waals surface area contributed by atoms with Crippen LogP contribution in [0.15, 0.2) is 36.5 Å². The van der Waals surface area contributed by atoms with E-state index in [9.17, 15) is 9.59 Å². The Morgan fingerprint density at radius 3 is 2.62 bits per heavy atom. The van der Waals surface area contributed by atoms with E-state index in [-0.39, 0.29) is 24.4 Å². The zero-order valence-corrected chi connectivity index (χ0v) is 13.9. The molecular formula is C17H22N4O3. The molecule has 0 aliphatic heterocycles. The lowest BCUT2D eigenvalue weighted by molar-refractivity contribution is -0.138. The van der Waals surface area contributed by atoms with Gasteiger partial charge in [0.1, 0.15) is 12.2 Å². The summed E-state index contributed by atoms with van der Waals surface area (Å²) in [7, 11) is 0. The molecule has 0 radical (unpaired) electrons. The zero-order valence-electron chi connectivity index (χ0n) is 13.9. The lowest BCUT2D eigenvalue weighted by Crippen LogP contribution is -2.26. The first-order valence-electron chi connectivity index (χ1n) is 7.80. The Morgan fingerprint density at radius 2 is 1.96 bits per heavy atom. The van der Waals surface area contributed by atoms with Gasteiger partial charge in [-0.05, 0) is 17.4 Å². The van der Waals surface area contributed by atoms with Crippen molar-refractivity contribution in [3.63, 3.8) is 0 Å². The molecule has 2 aromatic rings. The number of rotatable bonds is 8. The number of carbonyl (C=O) groups excluding carboxylic acids is 1. The van der Waals surface area contributed by atoms with E-state index in [1.54, 1.807) is 0 Å². The molecule has 7 nitrogen and oxygen atoms in total. The van der Waals surface area contributed by atoms with Crippen molar-refractivity contribution in [3.05, 3.63) is 47.8 Å². The fourth-order valence-electron chi connectivity index (χ4n) is 2.37. The molecule has 24 heavy (non-hydrogen) atoms. The number of carbonyl (C=O) groups is 2. The van der Waals surface area contributed by atoms with Gasteiger partial charge in [0.15, 0.2) is 0 Å². The van der Waals surface area contributed by atoms with Crippen molar-refractivity contribution in [2.45, 2.75) is 45.2 Å². The maximum Gasteiger partial charge on any atom is 0.325 e. The van der Waals surface area contributed by atoms with Crippen LogP contribution in [0.1, 0.15) is 37.9 Å². The first-order valence-corrected chi connectivity index (χ1v) is 7.80. The van der Waals surface area contributed by atoms with Crippen LogP contribution in [0.2, 0.25) is 0 Å². The van der Waals surface area contributed by atoms with E-state index in [0.29, 0.717) is 12.1 Å². The van der Waals surface area contributed by atoms with E-state index in [1.165, 1.54) is 16.4 Å². The van der Waals surface area contributed by atoms with Crippen molar-refractivity contribution < 1.29 is 14.7 Å². The van der Waals surface area contributed by atoms with Crippen molar-refractivity contribution >= 4 is 11.9 Å². The Balaban J connectivity index is 1.79. The van der Waals surface area contributed by atoms with Crippen molar-refractivity contribution in [2.24, 2.45) is 0 Å². The van der Waals surface area contributed by atoms with Crippen molar-refractivity contribution in [2.75, 3.05) is 0 Å². The highest BCUT2D eigenvalue weighted by molar-refractivity contribution is 5.75. The summed E-state index contributed by atoms with van der Waals surface area (Å²) in [6.07, 6.45) is 2.65. The molecule has 0 fully saturated rings. The summed E-state index contributed by atoms with van der Waals surface area (Å²) in [5, 5.41) is 19.0. The Bertz CT molecular complexity index is 695. The molecule has 7 heteroatoms. The van der Waals surface area contributed by atoms with Crippen LogP contribution in [0.3, 0.4) is 0 Å². The van der Waals surface area contributed by atoms with Crippen LogP contribution in [0.25, 0.3) is 0 Å². The molecule has 1 aromatic heterocycles. The van der Waals surface area contributed by atoms with E-state index in [0.717, 1.165) is 6.42 Å². The third-order valence-corrected chi connectivity index (χ3v) is 3.88. The second-order valence-corrected chi connectivity index (χ2v) is 6.33. The number of hydrogen-bond acceptors (Lipinski definition) is 4. The Kier molecular flexibility index (Phi) is 5.68. The lowest BCUT2D eigenvalue weighted by Gasteiger charge is -2.24. The summed E-state index contributed by atoms with van der Waals surface area (Å²) in [6, 6.07) is 10.1. The second kappa shape index (κ2) is 7.72. The Hall–Kier alpha value is -2.70. The standard InChI is InChI=1S/C17H22N4O3/c1-17(2,13-6-4-3-5-7-13)9-8-15(22)18-10-14-11-21(20-19-14)12-16(23)24/h3-7,11H,8-10,12H2,1-2H3,(H,18,22)(H,23,24). The molecule has 0 atom stereocenters. The first-order chi connectivity index (χ1) is 11.4. The largest absolute Gasteiger partial charge is 0.480 e. The number of carboxylic acids is 1. The number of carboxylic acid groups (broad SMARTS) is 1. The van der Waals surface area contributed by atoms with Crippen molar-refractivity contribution in [1.82, 2.24) is 20.3 Å². The number of nitrogens with one attached hydrogen (secondary N) is 1. The topological polar surface area (TPSA) is 97.1 Å². The Morgan fingerprint density at radius 1 is 1.25 bits per heavy atom. The quantitative estimate of drug-likeness (QED) is 0.768.